The molecule has 1 aliphatic heterocycles. The SMILES string of the molecule is Clc1cccc(Cl)c1COc1cccnc1Nc1ccc2[nH]cc(CN3CCCC3)c2c1. The molecule has 0 saturated carbocycles. The van der Waals surface area contributed by atoms with Crippen molar-refractivity contribution in [1.82, 2.24) is 14.9 Å². The molecule has 2 aromatic heterocycles. The molecule has 0 amide bonds. The first kappa shape index (κ1) is 21.1. The minimum absolute atomic E-state index is 0.260. The lowest BCUT2D eigenvalue weighted by molar-refractivity contribution is 0.307. The molecule has 3 heterocycles. The van der Waals surface area contributed by atoms with Gasteiger partial charge in [0.15, 0.2) is 11.6 Å². The molecule has 1 aliphatic rings. The van der Waals surface area contributed by atoms with Crippen molar-refractivity contribution < 1.29 is 4.74 Å². The Kier molecular flexibility index (Phi) is 6.21. The molecule has 0 unspecified atom stereocenters. The standard InChI is InChI=1S/C25H24Cl2N4O/c26-21-5-3-6-22(27)20(21)16-32-24-7-4-10-28-25(24)30-18-8-9-23-19(13-18)17(14-29-23)15-31-11-1-2-12-31/h3-10,13-14,29H,1-2,11-12,15-16H2,(H,28,30). The molecule has 0 aliphatic carbocycles. The molecule has 2 aromatic carbocycles. The van der Waals surface area contributed by atoms with Crippen molar-refractivity contribution >= 4 is 45.6 Å². The minimum atomic E-state index is 0.260. The van der Waals surface area contributed by atoms with Gasteiger partial charge in [-0.15, -0.1) is 0 Å². The van der Waals surface area contributed by atoms with Crippen LogP contribution in [0.5, 0.6) is 5.75 Å². The fraction of sp³-hybridized carbons (Fsp3) is 0.240. The Balaban J connectivity index is 1.36. The summed E-state index contributed by atoms with van der Waals surface area (Å²) in [7, 11) is 0. The zero-order valence-corrected chi connectivity index (χ0v) is 19.1. The number of halogens is 2. The number of aromatic nitrogens is 2. The largest absolute Gasteiger partial charge is 0.485 e. The third-order valence-corrected chi connectivity index (χ3v) is 6.54. The summed E-state index contributed by atoms with van der Waals surface area (Å²) < 4.78 is 6.04. The van der Waals surface area contributed by atoms with Gasteiger partial charge in [-0.1, -0.05) is 29.3 Å². The van der Waals surface area contributed by atoms with Crippen LogP contribution in [-0.2, 0) is 13.2 Å². The number of nitrogens with zero attached hydrogens (tertiary/aromatic N) is 2. The quantitative estimate of drug-likeness (QED) is 0.314. The molecule has 4 aromatic rings. The number of pyridine rings is 1. The van der Waals surface area contributed by atoms with Crippen LogP contribution in [0.3, 0.4) is 0 Å². The van der Waals surface area contributed by atoms with Crippen molar-refractivity contribution in [1.29, 1.82) is 0 Å². The molecule has 0 atom stereocenters. The van der Waals surface area contributed by atoms with E-state index in [4.69, 9.17) is 27.9 Å². The lowest BCUT2D eigenvalue weighted by Crippen LogP contribution is -2.18. The van der Waals surface area contributed by atoms with Crippen LogP contribution in [0.1, 0.15) is 24.0 Å². The Morgan fingerprint density at radius 2 is 1.84 bits per heavy atom. The molecule has 7 heteroatoms. The van der Waals surface area contributed by atoms with Crippen molar-refractivity contribution in [2.75, 3.05) is 18.4 Å². The molecule has 0 bridgehead atoms. The molecule has 0 spiro atoms. The van der Waals surface area contributed by atoms with E-state index in [9.17, 15) is 0 Å². The zero-order valence-electron chi connectivity index (χ0n) is 17.6. The van der Waals surface area contributed by atoms with E-state index in [0.717, 1.165) is 23.3 Å². The molecular formula is C25H24Cl2N4O. The third kappa shape index (κ3) is 4.56. The van der Waals surface area contributed by atoms with Crippen LogP contribution in [0.4, 0.5) is 11.5 Å². The van der Waals surface area contributed by atoms with Crippen molar-refractivity contribution in [2.45, 2.75) is 26.0 Å². The number of ether oxygens (including phenoxy) is 1. The molecule has 0 radical (unpaired) electrons. The first-order chi connectivity index (χ1) is 15.7. The molecule has 32 heavy (non-hydrogen) atoms. The van der Waals surface area contributed by atoms with Gasteiger partial charge in [-0.3, -0.25) is 4.90 Å². The summed E-state index contributed by atoms with van der Waals surface area (Å²) in [5.74, 6) is 1.28. The van der Waals surface area contributed by atoms with Crippen molar-refractivity contribution in [2.24, 2.45) is 0 Å². The summed E-state index contributed by atoms with van der Waals surface area (Å²) in [4.78, 5) is 10.4. The Labute approximate surface area is 197 Å². The van der Waals surface area contributed by atoms with E-state index in [2.05, 4.69) is 38.5 Å². The third-order valence-electron chi connectivity index (χ3n) is 5.83. The maximum Gasteiger partial charge on any atom is 0.173 e. The maximum atomic E-state index is 6.28. The molecule has 164 valence electrons. The van der Waals surface area contributed by atoms with Crippen molar-refractivity contribution in [3.63, 3.8) is 0 Å². The van der Waals surface area contributed by atoms with Crippen LogP contribution in [0, 0.1) is 0 Å². The number of nitrogens with one attached hydrogen (secondary N) is 2. The van der Waals surface area contributed by atoms with Gasteiger partial charge < -0.3 is 15.0 Å². The summed E-state index contributed by atoms with van der Waals surface area (Å²) in [6, 6.07) is 15.5. The fourth-order valence-electron chi connectivity index (χ4n) is 4.13. The maximum absolute atomic E-state index is 6.28. The molecule has 5 rings (SSSR count). The van der Waals surface area contributed by atoms with Gasteiger partial charge in [0, 0.05) is 51.1 Å². The van der Waals surface area contributed by atoms with Gasteiger partial charge >= 0.3 is 0 Å². The lowest BCUT2D eigenvalue weighted by atomic mass is 10.1. The monoisotopic (exact) mass is 466 g/mol. The second-order valence-corrected chi connectivity index (χ2v) is 8.84. The zero-order chi connectivity index (χ0) is 21.9. The molecule has 5 nitrogen and oxygen atoms in total. The average molecular weight is 467 g/mol. The van der Waals surface area contributed by atoms with Crippen molar-refractivity contribution in [3.8, 4) is 5.75 Å². The van der Waals surface area contributed by atoms with Gasteiger partial charge in [-0.05, 0) is 74.0 Å². The first-order valence-electron chi connectivity index (χ1n) is 10.8. The van der Waals surface area contributed by atoms with Gasteiger partial charge in [0.2, 0.25) is 0 Å². The number of aromatic amines is 1. The Morgan fingerprint density at radius 1 is 1.03 bits per heavy atom. The Morgan fingerprint density at radius 3 is 2.66 bits per heavy atom. The number of fused-ring (bicyclic) bond motifs is 1. The van der Waals surface area contributed by atoms with E-state index in [1.165, 1.54) is 36.9 Å². The number of anilines is 2. The van der Waals surface area contributed by atoms with Gasteiger partial charge in [-0.2, -0.15) is 0 Å². The van der Waals surface area contributed by atoms with Crippen molar-refractivity contribution in [3.05, 3.63) is 82.1 Å². The summed E-state index contributed by atoms with van der Waals surface area (Å²) in [5, 5.41) is 5.80. The predicted molar refractivity (Wildman–Crippen MR) is 131 cm³/mol. The van der Waals surface area contributed by atoms with Crippen LogP contribution in [0.25, 0.3) is 10.9 Å². The number of hydrogen-bond acceptors (Lipinski definition) is 4. The van der Waals surface area contributed by atoms with Crippen LogP contribution in [-0.4, -0.2) is 28.0 Å². The topological polar surface area (TPSA) is 53.2 Å². The summed E-state index contributed by atoms with van der Waals surface area (Å²) >= 11 is 12.6. The highest BCUT2D eigenvalue weighted by Crippen LogP contribution is 2.31. The van der Waals surface area contributed by atoms with Crippen LogP contribution >= 0.6 is 23.2 Å². The van der Waals surface area contributed by atoms with E-state index in [1.807, 2.05) is 24.3 Å². The number of likely N-dealkylation sites (tertiary alicyclic amines) is 1. The molecular weight excluding hydrogens is 443 g/mol. The van der Waals surface area contributed by atoms with E-state index < -0.39 is 0 Å². The number of rotatable bonds is 7. The highest BCUT2D eigenvalue weighted by atomic mass is 35.5. The highest BCUT2D eigenvalue weighted by molar-refractivity contribution is 6.35. The smallest absolute Gasteiger partial charge is 0.173 e. The van der Waals surface area contributed by atoms with E-state index in [-0.39, 0.29) is 6.61 Å². The Bertz CT molecular complexity index is 1210. The van der Waals surface area contributed by atoms with E-state index >= 15 is 0 Å². The van der Waals surface area contributed by atoms with Gasteiger partial charge in [0.25, 0.3) is 0 Å². The van der Waals surface area contributed by atoms with Crippen LogP contribution < -0.4 is 10.1 Å². The van der Waals surface area contributed by atoms with Gasteiger partial charge in [0.05, 0.1) is 0 Å². The van der Waals surface area contributed by atoms with E-state index in [0.29, 0.717) is 21.6 Å². The number of hydrogen-bond donors (Lipinski definition) is 2. The molecule has 1 saturated heterocycles. The van der Waals surface area contributed by atoms with Crippen LogP contribution in [0.15, 0.2) is 60.9 Å². The van der Waals surface area contributed by atoms with E-state index in [1.54, 1.807) is 18.3 Å². The second kappa shape index (κ2) is 9.41. The number of benzene rings is 2. The highest BCUT2D eigenvalue weighted by Gasteiger charge is 2.15. The van der Waals surface area contributed by atoms with Gasteiger partial charge in [-0.25, -0.2) is 4.98 Å². The fourth-order valence-corrected chi connectivity index (χ4v) is 4.63. The average Bonchev–Trinajstić information content (AvgIpc) is 3.45. The predicted octanol–water partition coefficient (Wildman–Crippen LogP) is 6.79. The minimum Gasteiger partial charge on any atom is -0.485 e. The number of H-pyrrole nitrogens is 1. The van der Waals surface area contributed by atoms with Crippen LogP contribution in [0.2, 0.25) is 10.0 Å². The molecule has 2 N–H and O–H groups in total. The first-order valence-corrected chi connectivity index (χ1v) is 11.5. The summed E-state index contributed by atoms with van der Waals surface area (Å²) in [6.07, 6.45) is 6.44. The lowest BCUT2D eigenvalue weighted by Gasteiger charge is -2.15. The van der Waals surface area contributed by atoms with Gasteiger partial charge in [0.1, 0.15) is 6.61 Å². The second-order valence-electron chi connectivity index (χ2n) is 8.02. The summed E-state index contributed by atoms with van der Waals surface area (Å²) in [5.41, 5.74) is 4.16. The summed E-state index contributed by atoms with van der Waals surface area (Å²) in [6.45, 7) is 3.58. The Hall–Kier alpha value is -2.73. The molecule has 1 fully saturated rings. The normalized spacial score (nSPS) is 14.2.